The topological polar surface area (TPSA) is 106 Å². The third-order valence-corrected chi connectivity index (χ3v) is 4.43. The summed E-state index contributed by atoms with van der Waals surface area (Å²) in [7, 11) is 1.60. The zero-order valence-corrected chi connectivity index (χ0v) is 13.5. The molecule has 21 heavy (non-hydrogen) atoms. The maximum Gasteiger partial charge on any atom is 0.265 e. The summed E-state index contributed by atoms with van der Waals surface area (Å²) in [6, 6.07) is 0.160. The molecule has 1 atom stereocenters. The number of methoxy groups -OCH3 is 1. The van der Waals surface area contributed by atoms with Gasteiger partial charge in [-0.1, -0.05) is 11.3 Å². The van der Waals surface area contributed by atoms with Crippen molar-refractivity contribution in [2.75, 3.05) is 37.4 Å². The molecule has 0 bridgehead atoms. The Morgan fingerprint density at radius 3 is 2.90 bits per heavy atom. The highest BCUT2D eigenvalue weighted by molar-refractivity contribution is 7.18. The van der Waals surface area contributed by atoms with E-state index in [0.717, 1.165) is 24.6 Å². The first-order valence-electron chi connectivity index (χ1n) is 6.90. The standard InChI is InChI=1S/C13H23N5O2S/c1-13(2,7-20-3)17-11(19)9-10(15)16-12(21-9)18-5-4-8(14)6-18/h8H,4-7,14-15H2,1-3H3,(H,17,19). The number of amides is 1. The summed E-state index contributed by atoms with van der Waals surface area (Å²) in [5, 5.41) is 3.67. The highest BCUT2D eigenvalue weighted by Gasteiger charge is 2.27. The van der Waals surface area contributed by atoms with Crippen molar-refractivity contribution in [3.63, 3.8) is 0 Å². The van der Waals surface area contributed by atoms with Crippen LogP contribution in [0.1, 0.15) is 29.9 Å². The highest BCUT2D eigenvalue weighted by Crippen LogP contribution is 2.30. The minimum absolute atomic E-state index is 0.160. The van der Waals surface area contributed by atoms with Crippen LogP contribution < -0.4 is 21.7 Å². The third-order valence-electron chi connectivity index (χ3n) is 3.30. The van der Waals surface area contributed by atoms with Crippen LogP contribution >= 0.6 is 11.3 Å². The fraction of sp³-hybridized carbons (Fsp3) is 0.692. The summed E-state index contributed by atoms with van der Waals surface area (Å²) in [6.07, 6.45) is 0.932. The van der Waals surface area contributed by atoms with E-state index in [1.165, 1.54) is 11.3 Å². The van der Waals surface area contributed by atoms with Gasteiger partial charge in [-0.05, 0) is 20.3 Å². The second-order valence-corrected chi connectivity index (χ2v) is 6.95. The van der Waals surface area contributed by atoms with Crippen molar-refractivity contribution in [1.82, 2.24) is 10.3 Å². The second kappa shape index (κ2) is 6.17. The van der Waals surface area contributed by atoms with Crippen LogP contribution in [0.4, 0.5) is 10.9 Å². The maximum absolute atomic E-state index is 12.3. The Morgan fingerprint density at radius 2 is 2.33 bits per heavy atom. The molecule has 0 spiro atoms. The van der Waals surface area contributed by atoms with Gasteiger partial charge < -0.3 is 26.4 Å². The van der Waals surface area contributed by atoms with Crippen molar-refractivity contribution >= 4 is 28.2 Å². The first kappa shape index (κ1) is 16.0. The Morgan fingerprint density at radius 1 is 1.62 bits per heavy atom. The number of thiazole rings is 1. The first-order chi connectivity index (χ1) is 9.82. The van der Waals surface area contributed by atoms with E-state index in [1.54, 1.807) is 7.11 Å². The van der Waals surface area contributed by atoms with Crippen molar-refractivity contribution in [2.24, 2.45) is 5.73 Å². The van der Waals surface area contributed by atoms with Crippen molar-refractivity contribution in [3.8, 4) is 0 Å². The number of nitrogens with zero attached hydrogens (tertiary/aromatic N) is 2. The van der Waals surface area contributed by atoms with Crippen molar-refractivity contribution in [3.05, 3.63) is 4.88 Å². The molecule has 0 aromatic carbocycles. The molecule has 2 heterocycles. The quantitative estimate of drug-likeness (QED) is 0.727. The number of nitrogen functional groups attached to an aromatic ring is 1. The number of carbonyl (C=O) groups is 1. The van der Waals surface area contributed by atoms with Gasteiger partial charge >= 0.3 is 0 Å². The molecule has 1 amide bonds. The number of carbonyl (C=O) groups excluding carboxylic acids is 1. The normalized spacial score (nSPS) is 19.0. The van der Waals surface area contributed by atoms with Crippen LogP contribution in [0.5, 0.6) is 0 Å². The predicted octanol–water partition coefficient (Wildman–Crippen LogP) is 0.418. The predicted molar refractivity (Wildman–Crippen MR) is 84.8 cm³/mol. The summed E-state index contributed by atoms with van der Waals surface area (Å²) in [5.41, 5.74) is 11.3. The van der Waals surface area contributed by atoms with Gasteiger partial charge in [-0.25, -0.2) is 4.98 Å². The lowest BCUT2D eigenvalue weighted by Gasteiger charge is -2.24. The smallest absolute Gasteiger partial charge is 0.265 e. The van der Waals surface area contributed by atoms with Crippen LogP contribution in [-0.4, -0.2) is 49.3 Å². The number of anilines is 2. The second-order valence-electron chi connectivity index (χ2n) is 5.98. The van der Waals surface area contributed by atoms with Crippen molar-refractivity contribution < 1.29 is 9.53 Å². The van der Waals surface area contributed by atoms with Crippen LogP contribution in [0.15, 0.2) is 0 Å². The largest absolute Gasteiger partial charge is 0.382 e. The minimum Gasteiger partial charge on any atom is -0.382 e. The van der Waals surface area contributed by atoms with E-state index in [4.69, 9.17) is 16.2 Å². The van der Waals surface area contributed by atoms with Gasteiger partial charge in [0.25, 0.3) is 5.91 Å². The van der Waals surface area contributed by atoms with Gasteiger partial charge in [-0.3, -0.25) is 4.79 Å². The molecule has 5 N–H and O–H groups in total. The molecule has 0 radical (unpaired) electrons. The Kier molecular flexibility index (Phi) is 4.70. The number of nitrogens with one attached hydrogen (secondary N) is 1. The van der Waals surface area contributed by atoms with E-state index in [2.05, 4.69) is 15.2 Å². The number of nitrogens with two attached hydrogens (primary N) is 2. The Balaban J connectivity index is 2.10. The Labute approximate surface area is 128 Å². The molecule has 1 unspecified atom stereocenters. The van der Waals surface area contributed by atoms with Crippen LogP contribution in [0.3, 0.4) is 0 Å². The number of aromatic nitrogens is 1. The zero-order valence-electron chi connectivity index (χ0n) is 12.7. The van der Waals surface area contributed by atoms with Crippen LogP contribution in [-0.2, 0) is 4.74 Å². The highest BCUT2D eigenvalue weighted by atomic mass is 32.1. The van der Waals surface area contributed by atoms with E-state index in [1.807, 2.05) is 13.8 Å². The average molecular weight is 313 g/mol. The molecule has 1 aromatic heterocycles. The van der Waals surface area contributed by atoms with Gasteiger partial charge in [-0.2, -0.15) is 0 Å². The number of hydrogen-bond donors (Lipinski definition) is 3. The van der Waals surface area contributed by atoms with Crippen LogP contribution in [0.2, 0.25) is 0 Å². The van der Waals surface area contributed by atoms with Gasteiger partial charge in [0.05, 0.1) is 12.1 Å². The molecule has 0 saturated carbocycles. The SMILES string of the molecule is COCC(C)(C)NC(=O)c1sc(N2CCC(N)C2)nc1N. The molecule has 1 fully saturated rings. The van der Waals surface area contributed by atoms with E-state index in [-0.39, 0.29) is 17.8 Å². The van der Waals surface area contributed by atoms with Gasteiger partial charge in [0.1, 0.15) is 10.7 Å². The van der Waals surface area contributed by atoms with E-state index in [0.29, 0.717) is 11.5 Å². The summed E-state index contributed by atoms with van der Waals surface area (Å²) < 4.78 is 5.09. The van der Waals surface area contributed by atoms with Crippen LogP contribution in [0, 0.1) is 0 Å². The molecule has 0 aliphatic carbocycles. The fourth-order valence-corrected chi connectivity index (χ4v) is 3.26. The molecule has 8 heteroatoms. The molecule has 118 valence electrons. The molecule has 1 aromatic rings. The van der Waals surface area contributed by atoms with E-state index >= 15 is 0 Å². The number of ether oxygens (including phenoxy) is 1. The average Bonchev–Trinajstić information content (AvgIpc) is 2.94. The van der Waals surface area contributed by atoms with E-state index < -0.39 is 5.54 Å². The number of hydrogen-bond acceptors (Lipinski definition) is 7. The van der Waals surface area contributed by atoms with Gasteiger partial charge in [-0.15, -0.1) is 0 Å². The lowest BCUT2D eigenvalue weighted by atomic mass is 10.1. The Hall–Kier alpha value is -1.38. The minimum atomic E-state index is -0.460. The fourth-order valence-electron chi connectivity index (χ4n) is 2.34. The molecule has 1 aliphatic rings. The summed E-state index contributed by atoms with van der Waals surface area (Å²) in [6.45, 7) is 5.82. The molecule has 7 nitrogen and oxygen atoms in total. The monoisotopic (exact) mass is 313 g/mol. The van der Waals surface area contributed by atoms with Crippen molar-refractivity contribution in [2.45, 2.75) is 31.8 Å². The molecule has 1 aliphatic heterocycles. The number of rotatable bonds is 5. The zero-order chi connectivity index (χ0) is 15.6. The first-order valence-corrected chi connectivity index (χ1v) is 7.72. The molecule has 1 saturated heterocycles. The molecular formula is C13H23N5O2S. The summed E-state index contributed by atoms with van der Waals surface area (Å²) in [4.78, 5) is 19.1. The maximum atomic E-state index is 12.3. The molecule has 2 rings (SSSR count). The van der Waals surface area contributed by atoms with Gasteiger partial charge in [0, 0.05) is 26.2 Å². The summed E-state index contributed by atoms with van der Waals surface area (Å²) >= 11 is 1.31. The Bertz CT molecular complexity index is 517. The van der Waals surface area contributed by atoms with Crippen molar-refractivity contribution in [1.29, 1.82) is 0 Å². The van der Waals surface area contributed by atoms with Gasteiger partial charge in [0.2, 0.25) is 0 Å². The van der Waals surface area contributed by atoms with Crippen LogP contribution in [0.25, 0.3) is 0 Å². The third kappa shape index (κ3) is 3.84. The molecular weight excluding hydrogens is 290 g/mol. The van der Waals surface area contributed by atoms with Gasteiger partial charge in [0.15, 0.2) is 5.13 Å². The van der Waals surface area contributed by atoms with E-state index in [9.17, 15) is 4.79 Å². The lowest BCUT2D eigenvalue weighted by molar-refractivity contribution is 0.0824. The lowest BCUT2D eigenvalue weighted by Crippen LogP contribution is -2.46. The summed E-state index contributed by atoms with van der Waals surface area (Å²) in [5.74, 6) is 0.0444.